The van der Waals surface area contributed by atoms with Crippen LogP contribution >= 0.6 is 23.2 Å². The number of furan rings is 1. The molecule has 26 heavy (non-hydrogen) atoms. The van der Waals surface area contributed by atoms with Crippen LogP contribution in [0, 0.1) is 0 Å². The number of hydrogen-bond donors (Lipinski definition) is 0. The van der Waals surface area contributed by atoms with Crippen molar-refractivity contribution in [3.8, 4) is 11.3 Å². The van der Waals surface area contributed by atoms with Crippen LogP contribution in [0.25, 0.3) is 17.4 Å². The maximum Gasteiger partial charge on any atom is 0.363 e. The highest BCUT2D eigenvalue weighted by molar-refractivity contribution is 6.36. The lowest BCUT2D eigenvalue weighted by atomic mass is 10.2. The Labute approximate surface area is 159 Å². The fourth-order valence-electron chi connectivity index (χ4n) is 2.51. The third-order valence-electron chi connectivity index (χ3n) is 3.74. The number of ether oxygens (including phenoxy) is 1. The molecule has 0 N–H and O–H groups in total. The van der Waals surface area contributed by atoms with Gasteiger partial charge in [0.1, 0.15) is 11.5 Å². The van der Waals surface area contributed by atoms with Crippen molar-refractivity contribution in [2.24, 2.45) is 4.99 Å². The summed E-state index contributed by atoms with van der Waals surface area (Å²) in [5.41, 5.74) is 1.62. The first-order chi connectivity index (χ1) is 12.6. The van der Waals surface area contributed by atoms with Crippen LogP contribution in [-0.4, -0.2) is 11.9 Å². The first-order valence-corrected chi connectivity index (χ1v) is 8.49. The van der Waals surface area contributed by atoms with E-state index in [2.05, 4.69) is 4.99 Å². The fourth-order valence-corrected chi connectivity index (χ4v) is 3.01. The molecule has 1 aliphatic rings. The summed E-state index contributed by atoms with van der Waals surface area (Å²) in [5.74, 6) is 0.786. The van der Waals surface area contributed by atoms with Gasteiger partial charge < -0.3 is 9.15 Å². The summed E-state index contributed by atoms with van der Waals surface area (Å²) < 4.78 is 11.0. The fraction of sp³-hybridized carbons (Fsp3) is 0. The van der Waals surface area contributed by atoms with Gasteiger partial charge in [0, 0.05) is 22.2 Å². The molecule has 6 heteroatoms. The highest BCUT2D eigenvalue weighted by atomic mass is 35.5. The lowest BCUT2D eigenvalue weighted by Gasteiger charge is -2.00. The van der Waals surface area contributed by atoms with Gasteiger partial charge in [-0.3, -0.25) is 0 Å². The summed E-state index contributed by atoms with van der Waals surface area (Å²) in [6.07, 6.45) is 1.53. The monoisotopic (exact) mass is 383 g/mol. The number of benzene rings is 2. The van der Waals surface area contributed by atoms with E-state index in [1.165, 1.54) is 6.08 Å². The van der Waals surface area contributed by atoms with Crippen LogP contribution in [-0.2, 0) is 9.53 Å². The molecular formula is C20H11Cl2NO3. The van der Waals surface area contributed by atoms with E-state index < -0.39 is 5.97 Å². The average molecular weight is 384 g/mol. The Morgan fingerprint density at radius 2 is 1.77 bits per heavy atom. The second kappa shape index (κ2) is 6.83. The summed E-state index contributed by atoms with van der Waals surface area (Å²) in [6, 6.07) is 17.9. The molecule has 0 fully saturated rings. The molecule has 0 aliphatic carbocycles. The van der Waals surface area contributed by atoms with Crippen LogP contribution in [0.3, 0.4) is 0 Å². The zero-order valence-electron chi connectivity index (χ0n) is 13.3. The number of hydrogen-bond acceptors (Lipinski definition) is 4. The van der Waals surface area contributed by atoms with Crippen molar-refractivity contribution >= 4 is 41.1 Å². The molecule has 0 unspecified atom stereocenters. The highest BCUT2D eigenvalue weighted by Gasteiger charge is 2.24. The van der Waals surface area contributed by atoms with Gasteiger partial charge in [-0.15, -0.1) is 0 Å². The normalized spacial score (nSPS) is 15.2. The number of carbonyl (C=O) groups is 1. The number of halogens is 2. The largest absolute Gasteiger partial charge is 0.457 e. The molecule has 0 bridgehead atoms. The minimum absolute atomic E-state index is 0.173. The number of rotatable bonds is 3. The van der Waals surface area contributed by atoms with Gasteiger partial charge in [0.05, 0.1) is 5.02 Å². The summed E-state index contributed by atoms with van der Waals surface area (Å²) >= 11 is 12.1. The van der Waals surface area contributed by atoms with E-state index >= 15 is 0 Å². The lowest BCUT2D eigenvalue weighted by Crippen LogP contribution is -2.04. The minimum Gasteiger partial charge on any atom is -0.457 e. The molecule has 3 aromatic rings. The molecule has 0 spiro atoms. The van der Waals surface area contributed by atoms with Crippen LogP contribution in [0.15, 0.2) is 75.8 Å². The summed E-state index contributed by atoms with van der Waals surface area (Å²) in [7, 11) is 0. The zero-order valence-corrected chi connectivity index (χ0v) is 14.8. The Hall–Kier alpha value is -2.82. The standard InChI is InChI=1S/C20H11Cl2NO3/c21-13-6-8-15(16(22)10-13)18-9-7-14(25-18)11-17-20(24)26-19(23-17)12-4-2-1-3-5-12/h1-11H. The first-order valence-electron chi connectivity index (χ1n) is 7.73. The van der Waals surface area contributed by atoms with Gasteiger partial charge in [0.2, 0.25) is 5.90 Å². The SMILES string of the molecule is O=C1OC(c2ccccc2)=NC1=Cc1ccc(-c2ccc(Cl)cc2Cl)o1. The Balaban J connectivity index is 1.64. The highest BCUT2D eigenvalue weighted by Crippen LogP contribution is 2.32. The van der Waals surface area contributed by atoms with E-state index in [0.29, 0.717) is 27.1 Å². The van der Waals surface area contributed by atoms with Gasteiger partial charge in [-0.1, -0.05) is 41.4 Å². The van der Waals surface area contributed by atoms with Gasteiger partial charge in [-0.2, -0.15) is 0 Å². The third-order valence-corrected chi connectivity index (χ3v) is 4.29. The molecular weight excluding hydrogens is 373 g/mol. The van der Waals surface area contributed by atoms with Crippen molar-refractivity contribution in [1.82, 2.24) is 0 Å². The number of cyclic esters (lactones) is 1. The van der Waals surface area contributed by atoms with Crippen molar-refractivity contribution in [3.63, 3.8) is 0 Å². The predicted octanol–water partition coefficient (Wildman–Crippen LogP) is 5.60. The van der Waals surface area contributed by atoms with E-state index in [4.69, 9.17) is 32.4 Å². The van der Waals surface area contributed by atoms with E-state index in [9.17, 15) is 4.79 Å². The molecule has 0 saturated heterocycles. The smallest absolute Gasteiger partial charge is 0.363 e. The molecule has 1 aliphatic heterocycles. The van der Waals surface area contributed by atoms with Gasteiger partial charge in [0.15, 0.2) is 5.70 Å². The first kappa shape index (κ1) is 16.6. The second-order valence-corrected chi connectivity index (χ2v) is 6.37. The number of aliphatic imine (C=N–C) groups is 1. The molecule has 1 aromatic heterocycles. The van der Waals surface area contributed by atoms with Crippen LogP contribution < -0.4 is 0 Å². The van der Waals surface area contributed by atoms with Crippen molar-refractivity contribution in [1.29, 1.82) is 0 Å². The topological polar surface area (TPSA) is 51.8 Å². The number of carbonyl (C=O) groups excluding carboxylic acids is 1. The molecule has 0 saturated carbocycles. The Kier molecular flexibility index (Phi) is 4.37. The van der Waals surface area contributed by atoms with E-state index in [1.54, 1.807) is 30.3 Å². The van der Waals surface area contributed by atoms with Crippen molar-refractivity contribution < 1.29 is 13.9 Å². The third kappa shape index (κ3) is 3.29. The second-order valence-electron chi connectivity index (χ2n) is 5.53. The number of esters is 1. The van der Waals surface area contributed by atoms with Crippen LogP contribution in [0.2, 0.25) is 10.0 Å². The Morgan fingerprint density at radius 3 is 2.54 bits per heavy atom. The molecule has 4 rings (SSSR count). The van der Waals surface area contributed by atoms with E-state index in [1.807, 2.05) is 30.3 Å². The molecule has 128 valence electrons. The van der Waals surface area contributed by atoms with E-state index in [-0.39, 0.29) is 11.6 Å². The average Bonchev–Trinajstić information content (AvgIpc) is 3.23. The van der Waals surface area contributed by atoms with Gasteiger partial charge in [0.25, 0.3) is 0 Å². The maximum absolute atomic E-state index is 12.0. The lowest BCUT2D eigenvalue weighted by molar-refractivity contribution is -0.129. The zero-order chi connectivity index (χ0) is 18.1. The summed E-state index contributed by atoms with van der Waals surface area (Å²) in [6.45, 7) is 0. The van der Waals surface area contributed by atoms with Crippen molar-refractivity contribution in [2.45, 2.75) is 0 Å². The molecule has 0 radical (unpaired) electrons. The summed E-state index contributed by atoms with van der Waals surface area (Å²) in [4.78, 5) is 16.3. The minimum atomic E-state index is -0.522. The molecule has 4 nitrogen and oxygen atoms in total. The van der Waals surface area contributed by atoms with Crippen LogP contribution in [0.5, 0.6) is 0 Å². The number of nitrogens with zero attached hydrogens (tertiary/aromatic N) is 1. The van der Waals surface area contributed by atoms with Gasteiger partial charge in [-0.05, 0) is 42.5 Å². The van der Waals surface area contributed by atoms with E-state index in [0.717, 1.165) is 5.56 Å². The molecule has 0 atom stereocenters. The Bertz CT molecular complexity index is 1050. The quantitative estimate of drug-likeness (QED) is 0.436. The van der Waals surface area contributed by atoms with Crippen LogP contribution in [0.1, 0.15) is 11.3 Å². The van der Waals surface area contributed by atoms with Gasteiger partial charge in [-0.25, -0.2) is 9.79 Å². The Morgan fingerprint density at radius 1 is 0.962 bits per heavy atom. The van der Waals surface area contributed by atoms with Crippen molar-refractivity contribution in [2.75, 3.05) is 0 Å². The predicted molar refractivity (Wildman–Crippen MR) is 101 cm³/mol. The van der Waals surface area contributed by atoms with Crippen molar-refractivity contribution in [3.05, 3.63) is 87.7 Å². The molecule has 2 heterocycles. The maximum atomic E-state index is 12.0. The molecule has 2 aromatic carbocycles. The van der Waals surface area contributed by atoms with Crippen LogP contribution in [0.4, 0.5) is 0 Å². The van der Waals surface area contributed by atoms with Gasteiger partial charge >= 0.3 is 5.97 Å². The summed E-state index contributed by atoms with van der Waals surface area (Å²) in [5, 5.41) is 1.03. The molecule has 0 amide bonds.